The van der Waals surface area contributed by atoms with Gasteiger partial charge in [0, 0.05) is 6.54 Å². The molecule has 1 atom stereocenters. The molecule has 0 bridgehead atoms. The molecule has 0 aliphatic rings. The van der Waals surface area contributed by atoms with Crippen LogP contribution >= 0.6 is 0 Å². The minimum absolute atomic E-state index is 0.442. The van der Waals surface area contributed by atoms with Crippen LogP contribution in [-0.2, 0) is 0 Å². The second kappa shape index (κ2) is 6.43. The molecule has 0 saturated carbocycles. The van der Waals surface area contributed by atoms with E-state index in [4.69, 9.17) is 4.74 Å². The van der Waals surface area contributed by atoms with Crippen molar-refractivity contribution in [2.45, 2.75) is 19.4 Å². The quantitative estimate of drug-likeness (QED) is 0.701. The lowest BCUT2D eigenvalue weighted by Crippen LogP contribution is -2.22. The van der Waals surface area contributed by atoms with Gasteiger partial charge in [-0.25, -0.2) is 0 Å². The fraction of sp³-hybridized carbons (Fsp3) is 0.500. The highest BCUT2D eigenvalue weighted by atomic mass is 16.5. The third-order valence-corrected chi connectivity index (χ3v) is 2.27. The molecule has 0 radical (unpaired) electrons. The maximum Gasteiger partial charge on any atom is 0.118 e. The van der Waals surface area contributed by atoms with E-state index in [1.165, 1.54) is 0 Å². The number of aliphatic hydroxyl groups is 1. The molecule has 0 aliphatic carbocycles. The standard InChI is InChI=1S/C12H19NO2/c1-3-8-13-9-12(14)10-4-6-11(15-2)7-5-10/h4-7,12-14H,3,8-9H2,1-2H3. The maximum absolute atomic E-state index is 9.81. The Morgan fingerprint density at radius 2 is 2.00 bits per heavy atom. The van der Waals surface area contributed by atoms with E-state index >= 15 is 0 Å². The summed E-state index contributed by atoms with van der Waals surface area (Å²) in [6.07, 6.45) is 0.637. The summed E-state index contributed by atoms with van der Waals surface area (Å²) in [7, 11) is 1.63. The van der Waals surface area contributed by atoms with Gasteiger partial charge in [0.15, 0.2) is 0 Å². The van der Waals surface area contributed by atoms with E-state index in [9.17, 15) is 5.11 Å². The van der Waals surface area contributed by atoms with E-state index in [-0.39, 0.29) is 0 Å². The molecule has 15 heavy (non-hydrogen) atoms. The molecule has 0 aliphatic heterocycles. The average molecular weight is 209 g/mol. The Kier molecular flexibility index (Phi) is 5.15. The van der Waals surface area contributed by atoms with E-state index in [0.717, 1.165) is 24.3 Å². The van der Waals surface area contributed by atoms with E-state index in [2.05, 4.69) is 12.2 Å². The molecule has 1 rings (SSSR count). The van der Waals surface area contributed by atoms with Crippen LogP contribution in [0.2, 0.25) is 0 Å². The first kappa shape index (κ1) is 12.0. The van der Waals surface area contributed by atoms with E-state index in [0.29, 0.717) is 6.54 Å². The molecule has 0 amide bonds. The average Bonchev–Trinajstić information content (AvgIpc) is 2.29. The van der Waals surface area contributed by atoms with E-state index < -0.39 is 6.10 Å². The molecule has 2 N–H and O–H groups in total. The number of methoxy groups -OCH3 is 1. The molecule has 0 heterocycles. The molecule has 1 aromatic carbocycles. The van der Waals surface area contributed by atoms with Crippen molar-refractivity contribution in [2.75, 3.05) is 20.2 Å². The lowest BCUT2D eigenvalue weighted by atomic mass is 10.1. The zero-order chi connectivity index (χ0) is 11.1. The Labute approximate surface area is 91.1 Å². The van der Waals surface area contributed by atoms with Crippen LogP contribution in [0, 0.1) is 0 Å². The van der Waals surface area contributed by atoms with Crippen LogP contribution in [0.4, 0.5) is 0 Å². The summed E-state index contributed by atoms with van der Waals surface area (Å²) in [4.78, 5) is 0. The zero-order valence-electron chi connectivity index (χ0n) is 9.36. The molecular formula is C12H19NO2. The molecule has 1 unspecified atom stereocenters. The van der Waals surface area contributed by atoms with Crippen LogP contribution in [-0.4, -0.2) is 25.3 Å². The predicted octanol–water partition coefficient (Wildman–Crippen LogP) is 1.73. The number of hydrogen-bond acceptors (Lipinski definition) is 3. The molecule has 0 spiro atoms. The first-order chi connectivity index (χ1) is 7.27. The van der Waals surface area contributed by atoms with Gasteiger partial charge in [-0.15, -0.1) is 0 Å². The highest BCUT2D eigenvalue weighted by molar-refractivity contribution is 5.28. The highest BCUT2D eigenvalue weighted by Gasteiger charge is 2.06. The fourth-order valence-corrected chi connectivity index (χ4v) is 1.36. The Morgan fingerprint density at radius 1 is 1.33 bits per heavy atom. The summed E-state index contributed by atoms with van der Waals surface area (Å²) < 4.78 is 5.05. The van der Waals surface area contributed by atoms with Crippen molar-refractivity contribution in [3.63, 3.8) is 0 Å². The summed E-state index contributed by atoms with van der Waals surface area (Å²) in [5.74, 6) is 0.812. The minimum atomic E-state index is -0.442. The number of aliphatic hydroxyl groups excluding tert-OH is 1. The summed E-state index contributed by atoms with van der Waals surface area (Å²) in [6, 6.07) is 7.49. The molecule has 84 valence electrons. The van der Waals surface area contributed by atoms with E-state index in [1.807, 2.05) is 24.3 Å². The molecule has 3 heteroatoms. The van der Waals surface area contributed by atoms with E-state index in [1.54, 1.807) is 7.11 Å². The molecule has 0 saturated heterocycles. The first-order valence-electron chi connectivity index (χ1n) is 5.30. The molecule has 0 fully saturated rings. The van der Waals surface area contributed by atoms with Crippen LogP contribution in [0.15, 0.2) is 24.3 Å². The Morgan fingerprint density at radius 3 is 2.53 bits per heavy atom. The molecular weight excluding hydrogens is 190 g/mol. The van der Waals surface area contributed by atoms with Gasteiger partial charge < -0.3 is 15.2 Å². The van der Waals surface area contributed by atoms with Gasteiger partial charge in [-0.05, 0) is 30.7 Å². The van der Waals surface area contributed by atoms with Gasteiger partial charge in [-0.1, -0.05) is 19.1 Å². The molecule has 3 nitrogen and oxygen atoms in total. The SMILES string of the molecule is CCCNCC(O)c1ccc(OC)cc1. The van der Waals surface area contributed by atoms with Crippen LogP contribution in [0.1, 0.15) is 25.0 Å². The summed E-state index contributed by atoms with van der Waals surface area (Å²) in [5, 5.41) is 13.0. The third-order valence-electron chi connectivity index (χ3n) is 2.27. The molecule has 0 aromatic heterocycles. The normalized spacial score (nSPS) is 12.5. The Hall–Kier alpha value is -1.06. The van der Waals surface area contributed by atoms with Crippen molar-refractivity contribution in [3.8, 4) is 5.75 Å². The largest absolute Gasteiger partial charge is 0.497 e. The molecule has 1 aromatic rings. The number of nitrogens with one attached hydrogen (secondary N) is 1. The van der Waals surface area contributed by atoms with Gasteiger partial charge in [-0.2, -0.15) is 0 Å². The van der Waals surface area contributed by atoms with Crippen molar-refractivity contribution in [3.05, 3.63) is 29.8 Å². The van der Waals surface area contributed by atoms with Crippen molar-refractivity contribution in [1.82, 2.24) is 5.32 Å². The van der Waals surface area contributed by atoms with Crippen LogP contribution in [0.3, 0.4) is 0 Å². The van der Waals surface area contributed by atoms with Crippen LogP contribution in [0.5, 0.6) is 5.75 Å². The Balaban J connectivity index is 2.46. The highest BCUT2D eigenvalue weighted by Crippen LogP contribution is 2.16. The van der Waals surface area contributed by atoms with Crippen LogP contribution in [0.25, 0.3) is 0 Å². The summed E-state index contributed by atoms with van der Waals surface area (Å²) in [6.45, 7) is 3.64. The van der Waals surface area contributed by atoms with Crippen molar-refractivity contribution in [2.24, 2.45) is 0 Å². The lowest BCUT2D eigenvalue weighted by Gasteiger charge is -2.12. The smallest absolute Gasteiger partial charge is 0.118 e. The van der Waals surface area contributed by atoms with Gasteiger partial charge in [0.2, 0.25) is 0 Å². The van der Waals surface area contributed by atoms with Gasteiger partial charge >= 0.3 is 0 Å². The number of hydrogen-bond donors (Lipinski definition) is 2. The van der Waals surface area contributed by atoms with Crippen LogP contribution < -0.4 is 10.1 Å². The fourth-order valence-electron chi connectivity index (χ4n) is 1.36. The monoisotopic (exact) mass is 209 g/mol. The summed E-state index contributed by atoms with van der Waals surface area (Å²) >= 11 is 0. The van der Waals surface area contributed by atoms with Gasteiger partial charge in [0.25, 0.3) is 0 Å². The number of ether oxygens (including phenoxy) is 1. The minimum Gasteiger partial charge on any atom is -0.497 e. The van der Waals surface area contributed by atoms with Crippen molar-refractivity contribution >= 4 is 0 Å². The van der Waals surface area contributed by atoms with Gasteiger partial charge in [-0.3, -0.25) is 0 Å². The van der Waals surface area contributed by atoms with Crippen molar-refractivity contribution in [1.29, 1.82) is 0 Å². The number of rotatable bonds is 6. The van der Waals surface area contributed by atoms with Gasteiger partial charge in [0.05, 0.1) is 13.2 Å². The predicted molar refractivity (Wildman–Crippen MR) is 61.1 cm³/mol. The zero-order valence-corrected chi connectivity index (χ0v) is 9.36. The number of benzene rings is 1. The second-order valence-corrected chi connectivity index (χ2v) is 3.49. The summed E-state index contributed by atoms with van der Waals surface area (Å²) in [5.41, 5.74) is 0.916. The van der Waals surface area contributed by atoms with Crippen molar-refractivity contribution < 1.29 is 9.84 Å². The topological polar surface area (TPSA) is 41.5 Å². The van der Waals surface area contributed by atoms with Gasteiger partial charge in [0.1, 0.15) is 5.75 Å². The first-order valence-corrected chi connectivity index (χ1v) is 5.30. The third kappa shape index (κ3) is 3.90. The Bertz CT molecular complexity index is 271. The second-order valence-electron chi connectivity index (χ2n) is 3.49. The maximum atomic E-state index is 9.81. The lowest BCUT2D eigenvalue weighted by molar-refractivity contribution is 0.175.